The zero-order chi connectivity index (χ0) is 37.1. The van der Waals surface area contributed by atoms with E-state index in [4.69, 9.17) is 23.5 Å². The Kier molecular flexibility index (Phi) is 13.4. The molecule has 1 unspecified atom stereocenters. The van der Waals surface area contributed by atoms with Crippen molar-refractivity contribution in [2.75, 3.05) is 27.9 Å². The van der Waals surface area contributed by atoms with Gasteiger partial charge in [-0.15, -0.1) is 0 Å². The molecule has 4 rings (SSSR count). The van der Waals surface area contributed by atoms with Gasteiger partial charge in [0.2, 0.25) is 23.5 Å². The molecule has 1 aliphatic heterocycles. The van der Waals surface area contributed by atoms with E-state index in [9.17, 15) is 29.4 Å². The monoisotopic (exact) mass is 708 g/mol. The number of esters is 1. The normalized spacial score (nSPS) is 15.9. The second kappa shape index (κ2) is 17.9. The standard InChI is InChI=1S/C36H44N4O11/c1-20-10-9-13-24(41)12-8-6-7-11-22-14-26(42)33(34(45)32(22)36(46)50-20)25(23-15-27(47-3)35(49-5)28(16-23)48-4)17-29(43)37-18-30(44)38-19-31-39-21(2)40-51-31/h7,11,14-16,20,25,42,45H,6,8-10,12-13,17-19H2,1-5H3,(H,37,43)(H,38,44)/t20-,25?/m0/s1. The van der Waals surface area contributed by atoms with Crippen molar-refractivity contribution < 1.29 is 52.9 Å². The third-order valence-corrected chi connectivity index (χ3v) is 8.33. The number of benzene rings is 2. The molecule has 0 radical (unpaired) electrons. The number of carbonyl (C=O) groups is 4. The van der Waals surface area contributed by atoms with Crippen molar-refractivity contribution in [3.8, 4) is 28.7 Å². The number of phenolic OH excluding ortho intramolecular Hbond substituents is 2. The van der Waals surface area contributed by atoms with Crippen molar-refractivity contribution in [1.29, 1.82) is 0 Å². The number of aromatic hydroxyl groups is 2. The Balaban J connectivity index is 1.75. The van der Waals surface area contributed by atoms with Gasteiger partial charge in [0.15, 0.2) is 17.3 Å². The summed E-state index contributed by atoms with van der Waals surface area (Å²) in [6, 6.07) is 4.44. The van der Waals surface area contributed by atoms with E-state index in [0.717, 1.165) is 0 Å². The van der Waals surface area contributed by atoms with Gasteiger partial charge in [0.1, 0.15) is 22.8 Å². The van der Waals surface area contributed by atoms with Gasteiger partial charge in [-0.3, -0.25) is 14.4 Å². The maximum atomic E-state index is 13.7. The molecule has 2 atom stereocenters. The van der Waals surface area contributed by atoms with Crippen LogP contribution in [0.5, 0.6) is 28.7 Å². The number of aromatic nitrogens is 2. The van der Waals surface area contributed by atoms with E-state index >= 15 is 0 Å². The van der Waals surface area contributed by atoms with E-state index in [-0.39, 0.29) is 52.2 Å². The van der Waals surface area contributed by atoms with E-state index < -0.39 is 54.3 Å². The van der Waals surface area contributed by atoms with E-state index in [2.05, 4.69) is 20.8 Å². The second-order valence-electron chi connectivity index (χ2n) is 12.1. The minimum atomic E-state index is -1.11. The summed E-state index contributed by atoms with van der Waals surface area (Å²) in [5.74, 6) is -2.63. The molecule has 2 amide bonds. The number of nitrogens with zero attached hydrogens (tertiary/aromatic N) is 2. The van der Waals surface area contributed by atoms with Crippen LogP contribution >= 0.6 is 0 Å². The summed E-state index contributed by atoms with van der Waals surface area (Å²) in [4.78, 5) is 55.9. The Morgan fingerprint density at radius 3 is 2.35 bits per heavy atom. The number of aryl methyl sites for hydroxylation is 1. The van der Waals surface area contributed by atoms with Crippen LogP contribution in [0.4, 0.5) is 0 Å². The highest BCUT2D eigenvalue weighted by Gasteiger charge is 2.32. The largest absolute Gasteiger partial charge is 0.507 e. The molecule has 4 N–H and O–H groups in total. The van der Waals surface area contributed by atoms with Crippen LogP contribution in [0.2, 0.25) is 0 Å². The summed E-state index contributed by atoms with van der Waals surface area (Å²) >= 11 is 0. The predicted molar refractivity (Wildman–Crippen MR) is 183 cm³/mol. The Labute approximate surface area is 295 Å². The van der Waals surface area contributed by atoms with Crippen molar-refractivity contribution in [2.24, 2.45) is 0 Å². The molecule has 0 saturated carbocycles. The molecule has 1 aliphatic rings. The number of allylic oxidation sites excluding steroid dienone is 1. The number of ketones is 1. The number of rotatable bonds is 11. The highest BCUT2D eigenvalue weighted by Crippen LogP contribution is 2.47. The number of hydrogen-bond acceptors (Lipinski definition) is 13. The van der Waals surface area contributed by atoms with Gasteiger partial charge in [-0.1, -0.05) is 17.3 Å². The van der Waals surface area contributed by atoms with Crippen LogP contribution in [0.25, 0.3) is 6.08 Å². The molecule has 2 heterocycles. The molecule has 3 aromatic rings. The zero-order valence-corrected chi connectivity index (χ0v) is 29.4. The quantitative estimate of drug-likeness (QED) is 0.206. The summed E-state index contributed by atoms with van der Waals surface area (Å²) < 4.78 is 27.2. The lowest BCUT2D eigenvalue weighted by atomic mass is 9.84. The number of methoxy groups -OCH3 is 3. The van der Waals surface area contributed by atoms with Gasteiger partial charge in [0.05, 0.1) is 40.5 Å². The SMILES string of the molecule is COc1cc(C(CC(=O)NCC(=O)NCc2nc(C)no2)c2c(O)cc3c(c2O)C(=O)O[C@@H](C)CCCC(=O)CCCC=C3)cc(OC)c1OC. The van der Waals surface area contributed by atoms with Crippen molar-refractivity contribution in [2.45, 2.75) is 77.4 Å². The molecular weight excluding hydrogens is 664 g/mol. The number of ether oxygens (including phenoxy) is 4. The number of cyclic esters (lactones) is 1. The Morgan fingerprint density at radius 1 is 1.00 bits per heavy atom. The van der Waals surface area contributed by atoms with E-state index in [1.165, 1.54) is 27.4 Å². The third-order valence-electron chi connectivity index (χ3n) is 8.33. The molecule has 1 aromatic heterocycles. The average molecular weight is 709 g/mol. The summed E-state index contributed by atoms with van der Waals surface area (Å²) in [5.41, 5.74) is 0.200. The molecule has 15 heteroatoms. The second-order valence-corrected chi connectivity index (χ2v) is 12.1. The fourth-order valence-electron chi connectivity index (χ4n) is 5.79. The molecule has 2 aromatic carbocycles. The Bertz CT molecular complexity index is 1740. The number of fused-ring (bicyclic) bond motifs is 1. The van der Waals surface area contributed by atoms with Crippen molar-refractivity contribution >= 4 is 29.6 Å². The fraction of sp³-hybridized carbons (Fsp3) is 0.444. The van der Waals surface area contributed by atoms with Crippen LogP contribution in [-0.2, 0) is 25.7 Å². The Morgan fingerprint density at radius 2 is 1.71 bits per heavy atom. The summed E-state index contributed by atoms with van der Waals surface area (Å²) in [6.45, 7) is 2.89. The van der Waals surface area contributed by atoms with Crippen LogP contribution in [-0.4, -0.2) is 77.9 Å². The minimum absolute atomic E-state index is 0.0399. The van der Waals surface area contributed by atoms with Gasteiger partial charge in [0, 0.05) is 30.7 Å². The summed E-state index contributed by atoms with van der Waals surface area (Å²) in [6.07, 6.45) is 5.25. The smallest absolute Gasteiger partial charge is 0.342 e. The molecule has 0 bridgehead atoms. The number of amides is 2. The Hall–Kier alpha value is -5.60. The van der Waals surface area contributed by atoms with Crippen LogP contribution in [0.15, 0.2) is 28.8 Å². The first-order valence-electron chi connectivity index (χ1n) is 16.6. The molecule has 274 valence electrons. The first-order chi connectivity index (χ1) is 24.4. The van der Waals surface area contributed by atoms with Gasteiger partial charge in [0.25, 0.3) is 0 Å². The molecule has 0 aliphatic carbocycles. The topological polar surface area (TPSA) is 209 Å². The maximum Gasteiger partial charge on any atom is 0.342 e. The van der Waals surface area contributed by atoms with Crippen molar-refractivity contribution in [3.05, 3.63) is 58.2 Å². The first kappa shape index (κ1) is 38.2. The lowest BCUT2D eigenvalue weighted by Gasteiger charge is -2.24. The van der Waals surface area contributed by atoms with E-state index in [1.54, 1.807) is 38.1 Å². The first-order valence-corrected chi connectivity index (χ1v) is 16.6. The third kappa shape index (κ3) is 9.99. The van der Waals surface area contributed by atoms with Crippen molar-refractivity contribution in [3.63, 3.8) is 0 Å². The van der Waals surface area contributed by atoms with E-state index in [0.29, 0.717) is 49.9 Å². The van der Waals surface area contributed by atoms with Gasteiger partial charge >= 0.3 is 5.97 Å². The number of phenols is 2. The van der Waals surface area contributed by atoms with E-state index in [1.807, 2.05) is 0 Å². The molecule has 15 nitrogen and oxygen atoms in total. The molecule has 0 fully saturated rings. The summed E-state index contributed by atoms with van der Waals surface area (Å²) in [5, 5.41) is 32.2. The number of nitrogens with one attached hydrogen (secondary N) is 2. The number of carbonyl (C=O) groups excluding carboxylic acids is 4. The molecule has 51 heavy (non-hydrogen) atoms. The van der Waals surface area contributed by atoms with Crippen molar-refractivity contribution in [1.82, 2.24) is 20.8 Å². The molecule has 0 saturated heterocycles. The zero-order valence-electron chi connectivity index (χ0n) is 29.4. The lowest BCUT2D eigenvalue weighted by Crippen LogP contribution is -2.37. The van der Waals surface area contributed by atoms with Crippen LogP contribution in [0.1, 0.15) is 96.6 Å². The van der Waals surface area contributed by atoms with Gasteiger partial charge in [-0.25, -0.2) is 4.79 Å². The summed E-state index contributed by atoms with van der Waals surface area (Å²) in [7, 11) is 4.26. The van der Waals surface area contributed by atoms with Crippen LogP contribution in [0.3, 0.4) is 0 Å². The maximum absolute atomic E-state index is 13.7. The number of Topliss-reactive ketones (excluding diaryl/α,β-unsaturated/α-hetero) is 1. The van der Waals surface area contributed by atoms with Gasteiger partial charge in [-0.2, -0.15) is 4.98 Å². The van der Waals surface area contributed by atoms with Crippen LogP contribution < -0.4 is 24.8 Å². The minimum Gasteiger partial charge on any atom is -0.507 e. The molecular formula is C36H44N4O11. The van der Waals surface area contributed by atoms with Gasteiger partial charge < -0.3 is 44.3 Å². The van der Waals surface area contributed by atoms with Gasteiger partial charge in [-0.05, 0) is 68.9 Å². The number of hydrogen-bond donors (Lipinski definition) is 4. The fourth-order valence-corrected chi connectivity index (χ4v) is 5.79. The van der Waals surface area contributed by atoms with Crippen LogP contribution in [0, 0.1) is 6.92 Å². The highest BCUT2D eigenvalue weighted by molar-refractivity contribution is 5.98. The highest BCUT2D eigenvalue weighted by atomic mass is 16.5. The average Bonchev–Trinajstić information content (AvgIpc) is 3.52. The lowest BCUT2D eigenvalue weighted by molar-refractivity contribution is -0.126. The predicted octanol–water partition coefficient (Wildman–Crippen LogP) is 4.25. The molecule has 0 spiro atoms.